The fourth-order valence-electron chi connectivity index (χ4n) is 1.80. The van der Waals surface area contributed by atoms with Gasteiger partial charge in [-0.1, -0.05) is 35.3 Å². The fraction of sp³-hybridized carbons (Fsp3) is 0.125. The lowest BCUT2D eigenvalue weighted by Crippen LogP contribution is -2.14. The summed E-state index contributed by atoms with van der Waals surface area (Å²) in [6.07, 6.45) is 0. The minimum atomic E-state index is -0.175. The van der Waals surface area contributed by atoms with Crippen LogP contribution in [0.2, 0.25) is 10.0 Å². The minimum absolute atomic E-state index is 0.154. The lowest BCUT2D eigenvalue weighted by molar-refractivity contribution is -0.114. The zero-order chi connectivity index (χ0) is 16.8. The van der Waals surface area contributed by atoms with Gasteiger partial charge >= 0.3 is 0 Å². The van der Waals surface area contributed by atoms with Gasteiger partial charge in [-0.2, -0.15) is 0 Å². The van der Waals surface area contributed by atoms with Crippen molar-refractivity contribution < 1.29 is 9.59 Å². The smallest absolute Gasteiger partial charge is 0.234 e. The second-order valence-corrected chi connectivity index (χ2v) is 6.47. The predicted molar refractivity (Wildman–Crippen MR) is 96.6 cm³/mol. The number of carbonyl (C=O) groups excluding carboxylic acids is 2. The molecule has 23 heavy (non-hydrogen) atoms. The normalized spacial score (nSPS) is 10.2. The summed E-state index contributed by atoms with van der Waals surface area (Å²) < 4.78 is 0. The van der Waals surface area contributed by atoms with Crippen LogP contribution in [0.15, 0.2) is 47.4 Å². The standard InChI is InChI=1S/C16H14Cl2N2O2S/c1-10(21)19-14-4-2-3-5-15(14)23-9-16(22)20-11-6-7-12(17)13(18)8-11/h2-8H,9H2,1H3,(H,19,21)(H,20,22). The minimum Gasteiger partial charge on any atom is -0.325 e. The van der Waals surface area contributed by atoms with Crippen LogP contribution in [-0.2, 0) is 9.59 Å². The van der Waals surface area contributed by atoms with Gasteiger partial charge in [0.2, 0.25) is 11.8 Å². The molecule has 0 aliphatic carbocycles. The van der Waals surface area contributed by atoms with E-state index >= 15 is 0 Å². The Morgan fingerprint density at radius 3 is 2.48 bits per heavy atom. The highest BCUT2D eigenvalue weighted by Crippen LogP contribution is 2.28. The molecule has 0 fully saturated rings. The van der Waals surface area contributed by atoms with Gasteiger partial charge in [0.05, 0.1) is 21.5 Å². The maximum atomic E-state index is 12.0. The molecule has 2 aromatic carbocycles. The molecule has 2 N–H and O–H groups in total. The molecule has 0 heterocycles. The fourth-order valence-corrected chi connectivity index (χ4v) is 2.91. The van der Waals surface area contributed by atoms with Crippen molar-refractivity contribution in [3.63, 3.8) is 0 Å². The van der Waals surface area contributed by atoms with Gasteiger partial charge in [0.25, 0.3) is 0 Å². The highest BCUT2D eigenvalue weighted by atomic mass is 35.5. The molecule has 0 atom stereocenters. The van der Waals surface area contributed by atoms with Crippen LogP contribution < -0.4 is 10.6 Å². The number of amides is 2. The number of anilines is 2. The SMILES string of the molecule is CC(=O)Nc1ccccc1SCC(=O)Nc1ccc(Cl)c(Cl)c1. The number of hydrogen-bond acceptors (Lipinski definition) is 3. The highest BCUT2D eigenvalue weighted by Gasteiger charge is 2.08. The number of hydrogen-bond donors (Lipinski definition) is 2. The van der Waals surface area contributed by atoms with Crippen molar-refractivity contribution in [1.29, 1.82) is 0 Å². The van der Waals surface area contributed by atoms with Crippen molar-refractivity contribution in [3.05, 3.63) is 52.5 Å². The molecule has 0 spiro atoms. The molecule has 0 saturated carbocycles. The van der Waals surface area contributed by atoms with E-state index in [0.717, 1.165) is 4.90 Å². The van der Waals surface area contributed by atoms with E-state index in [9.17, 15) is 9.59 Å². The van der Waals surface area contributed by atoms with E-state index in [0.29, 0.717) is 21.4 Å². The van der Waals surface area contributed by atoms with Crippen LogP contribution in [0.1, 0.15) is 6.92 Å². The number of nitrogens with one attached hydrogen (secondary N) is 2. The summed E-state index contributed by atoms with van der Waals surface area (Å²) in [5.74, 6) is -0.124. The Bertz CT molecular complexity index is 738. The van der Waals surface area contributed by atoms with Crippen molar-refractivity contribution in [3.8, 4) is 0 Å². The van der Waals surface area contributed by atoms with Gasteiger partial charge in [-0.3, -0.25) is 9.59 Å². The van der Waals surface area contributed by atoms with Crippen molar-refractivity contribution in [2.45, 2.75) is 11.8 Å². The monoisotopic (exact) mass is 368 g/mol. The molecule has 2 rings (SSSR count). The summed E-state index contributed by atoms with van der Waals surface area (Å²) in [6, 6.07) is 12.2. The van der Waals surface area contributed by atoms with Gasteiger partial charge < -0.3 is 10.6 Å². The van der Waals surface area contributed by atoms with E-state index in [1.54, 1.807) is 24.3 Å². The lowest BCUT2D eigenvalue weighted by atomic mass is 10.3. The Kier molecular flexibility index (Phi) is 6.33. The Morgan fingerprint density at radius 1 is 1.04 bits per heavy atom. The first-order chi connectivity index (χ1) is 11.0. The third-order valence-electron chi connectivity index (χ3n) is 2.76. The number of halogens is 2. The van der Waals surface area contributed by atoms with Gasteiger partial charge in [-0.25, -0.2) is 0 Å². The summed E-state index contributed by atoms with van der Waals surface area (Å²) in [7, 11) is 0. The van der Waals surface area contributed by atoms with Gasteiger partial charge in [0.15, 0.2) is 0 Å². The number of carbonyl (C=O) groups is 2. The Hall–Kier alpha value is -1.69. The average Bonchev–Trinajstić information content (AvgIpc) is 2.49. The highest BCUT2D eigenvalue weighted by molar-refractivity contribution is 8.00. The van der Waals surface area contributed by atoms with Crippen LogP contribution in [0.4, 0.5) is 11.4 Å². The molecule has 0 bridgehead atoms. The van der Waals surface area contributed by atoms with Crippen molar-refractivity contribution >= 4 is 58.2 Å². The molecule has 2 aromatic rings. The zero-order valence-corrected chi connectivity index (χ0v) is 14.6. The summed E-state index contributed by atoms with van der Waals surface area (Å²) >= 11 is 13.1. The molecule has 7 heteroatoms. The summed E-state index contributed by atoms with van der Waals surface area (Å²) in [5.41, 5.74) is 1.27. The number of para-hydroxylation sites is 1. The molecule has 0 unspecified atom stereocenters. The number of rotatable bonds is 5. The molecule has 0 saturated heterocycles. The van der Waals surface area contributed by atoms with E-state index in [1.165, 1.54) is 18.7 Å². The van der Waals surface area contributed by atoms with Crippen molar-refractivity contribution in [1.82, 2.24) is 0 Å². The molecule has 0 radical (unpaired) electrons. The Labute approximate surface area is 148 Å². The van der Waals surface area contributed by atoms with Crippen LogP contribution in [0.5, 0.6) is 0 Å². The average molecular weight is 369 g/mol. The van der Waals surface area contributed by atoms with Gasteiger partial charge in [-0.15, -0.1) is 11.8 Å². The quantitative estimate of drug-likeness (QED) is 0.753. The topological polar surface area (TPSA) is 58.2 Å². The number of thioether (sulfide) groups is 1. The molecule has 4 nitrogen and oxygen atoms in total. The predicted octanol–water partition coefficient (Wildman–Crippen LogP) is 4.68. The second-order valence-electron chi connectivity index (χ2n) is 4.64. The molecule has 120 valence electrons. The molecular formula is C16H14Cl2N2O2S. The molecule has 2 amide bonds. The summed E-state index contributed by atoms with van der Waals surface area (Å²) in [5, 5.41) is 6.30. The largest absolute Gasteiger partial charge is 0.325 e. The van der Waals surface area contributed by atoms with E-state index < -0.39 is 0 Å². The van der Waals surface area contributed by atoms with Crippen molar-refractivity contribution in [2.75, 3.05) is 16.4 Å². The first-order valence-electron chi connectivity index (χ1n) is 6.70. The van der Waals surface area contributed by atoms with Gasteiger partial charge in [-0.05, 0) is 30.3 Å². The third-order valence-corrected chi connectivity index (χ3v) is 4.57. The molecular weight excluding hydrogens is 355 g/mol. The van der Waals surface area contributed by atoms with Crippen molar-refractivity contribution in [2.24, 2.45) is 0 Å². The Morgan fingerprint density at radius 2 is 1.78 bits per heavy atom. The van der Waals surface area contributed by atoms with Crippen LogP contribution in [0, 0.1) is 0 Å². The first kappa shape index (κ1) is 17.7. The van der Waals surface area contributed by atoms with Gasteiger partial charge in [0.1, 0.15) is 0 Å². The lowest BCUT2D eigenvalue weighted by Gasteiger charge is -2.10. The molecule has 0 aromatic heterocycles. The first-order valence-corrected chi connectivity index (χ1v) is 8.44. The van der Waals surface area contributed by atoms with E-state index in [4.69, 9.17) is 23.2 Å². The summed E-state index contributed by atoms with van der Waals surface area (Å²) in [4.78, 5) is 24.0. The summed E-state index contributed by atoms with van der Waals surface area (Å²) in [6.45, 7) is 1.44. The molecule has 0 aliphatic heterocycles. The number of benzene rings is 2. The van der Waals surface area contributed by atoms with Gasteiger partial charge in [0, 0.05) is 17.5 Å². The van der Waals surface area contributed by atoms with Crippen LogP contribution >= 0.6 is 35.0 Å². The van der Waals surface area contributed by atoms with Crippen LogP contribution in [0.3, 0.4) is 0 Å². The molecule has 0 aliphatic rings. The Balaban J connectivity index is 1.96. The van der Waals surface area contributed by atoms with E-state index in [-0.39, 0.29) is 17.6 Å². The maximum Gasteiger partial charge on any atom is 0.234 e. The second kappa shape index (κ2) is 8.24. The van der Waals surface area contributed by atoms with E-state index in [2.05, 4.69) is 10.6 Å². The zero-order valence-electron chi connectivity index (χ0n) is 12.2. The third kappa shape index (κ3) is 5.46. The van der Waals surface area contributed by atoms with E-state index in [1.807, 2.05) is 18.2 Å². The van der Waals surface area contributed by atoms with Crippen LogP contribution in [0.25, 0.3) is 0 Å². The van der Waals surface area contributed by atoms with Crippen LogP contribution in [-0.4, -0.2) is 17.6 Å². The maximum absolute atomic E-state index is 12.0.